The van der Waals surface area contributed by atoms with Crippen LogP contribution >= 0.6 is 0 Å². The van der Waals surface area contributed by atoms with Gasteiger partial charge in [0, 0.05) is 26.1 Å². The van der Waals surface area contributed by atoms with Crippen molar-refractivity contribution in [2.45, 2.75) is 171 Å². The van der Waals surface area contributed by atoms with Crippen LogP contribution in [0.15, 0.2) is 4.99 Å². The number of aliphatic imine (C=N–C) groups is 1. The minimum atomic E-state index is -1.69. The molecule has 1 aliphatic heterocycles. The van der Waals surface area contributed by atoms with Crippen LogP contribution in [0.5, 0.6) is 0 Å². The molecule has 13 amide bonds. The molecule has 27 N–H and O–H groups in total. The highest BCUT2D eigenvalue weighted by Crippen LogP contribution is 2.20. The Kier molecular flexibility index (Phi) is 35.4. The Morgan fingerprint density at radius 3 is 1.69 bits per heavy atom. The summed E-state index contributed by atoms with van der Waals surface area (Å²) in [6.45, 7) is 0.831. The number of aliphatic carboxylic acids is 1. The van der Waals surface area contributed by atoms with Crippen LogP contribution in [0.25, 0.3) is 0 Å². The molecule has 1 rings (SSSR count). The zero-order valence-electron chi connectivity index (χ0n) is 47.6. The minimum Gasteiger partial charge on any atom is -0.480 e. The van der Waals surface area contributed by atoms with Crippen molar-refractivity contribution in [1.29, 1.82) is 0 Å². The van der Waals surface area contributed by atoms with Crippen molar-refractivity contribution in [2.24, 2.45) is 45.1 Å². The topological polar surface area (TPSA) is 601 Å². The van der Waals surface area contributed by atoms with Crippen molar-refractivity contribution in [2.75, 3.05) is 52.4 Å². The Balaban J connectivity index is 3.17. The summed E-state index contributed by atoms with van der Waals surface area (Å²) < 4.78 is 0. The molecule has 1 aliphatic rings. The highest BCUT2D eigenvalue weighted by Gasteiger charge is 2.39. The number of nitrogens with zero attached hydrogens (tertiary/aromatic N) is 2. The van der Waals surface area contributed by atoms with Crippen LogP contribution in [-0.4, -0.2) is 216 Å². The van der Waals surface area contributed by atoms with E-state index in [1.807, 2.05) is 0 Å². The van der Waals surface area contributed by atoms with Gasteiger partial charge in [-0.05, 0) is 110 Å². The van der Waals surface area contributed by atoms with Gasteiger partial charge in [0.15, 0.2) is 5.96 Å². The fraction of sp³-hybridized carbons (Fsp3) is 0.714. The number of carbonyl (C=O) groups is 13. The molecule has 84 heavy (non-hydrogen) atoms. The standard InChI is InChI=1S/C49H89N19O16/c1-26(46(81)68-22-10-15-34(68)44(79)64-31(14-9-21-57-48(54)55)41(76)63-30(12-4-7-19-51)42(77)65-32(47(82)83)16-17-35(53)71)61-40(75)29(13-5-8-20-58-49(56)84)62-37(73)24-59-36(72)23-60-45(80)38(27(2)70)67-43(78)33(25-69)66-39(74)28(52)11-3-6-18-50/h26-34,38,69-70H,3-25,50-52H2,1-2H3,(H2,53,71)(H,59,72)(H,60,80)(H,61,75)(H,62,73)(H,63,76)(H,64,79)(H,65,77)(H,66,74)(H,67,78)(H,82,83)(H4,54,55,57)(H3,56,58,84)/t26-,27+,28-,29-,30-,31-,32-,33-,34-,38-/m0/s1. The number of primary amides is 2. The monoisotopic (exact) mass is 1200 g/mol. The first kappa shape index (κ1) is 74.0. The Bertz CT molecular complexity index is 2260. The number of carboxylic acids is 1. The predicted octanol–water partition coefficient (Wildman–Crippen LogP) is -9.18. The van der Waals surface area contributed by atoms with Gasteiger partial charge in [-0.15, -0.1) is 0 Å². The number of amides is 13. The van der Waals surface area contributed by atoms with E-state index >= 15 is 0 Å². The summed E-state index contributed by atoms with van der Waals surface area (Å²) in [5, 5.41) is 53.6. The van der Waals surface area contributed by atoms with Crippen LogP contribution in [0, 0.1) is 0 Å². The van der Waals surface area contributed by atoms with Gasteiger partial charge in [0.2, 0.25) is 65.0 Å². The van der Waals surface area contributed by atoms with Crippen LogP contribution in [0.4, 0.5) is 4.79 Å². The lowest BCUT2D eigenvalue weighted by atomic mass is 10.0. The third-order valence-electron chi connectivity index (χ3n) is 12.9. The molecule has 0 aliphatic carbocycles. The lowest BCUT2D eigenvalue weighted by Gasteiger charge is -2.30. The number of carbonyl (C=O) groups excluding carboxylic acids is 12. The largest absolute Gasteiger partial charge is 0.480 e. The second kappa shape index (κ2) is 40.2. The first-order valence-corrected chi connectivity index (χ1v) is 27.7. The fourth-order valence-corrected chi connectivity index (χ4v) is 8.31. The maximum atomic E-state index is 14.1. The minimum absolute atomic E-state index is 0.000417. The van der Waals surface area contributed by atoms with Crippen LogP contribution in [-0.2, 0) is 57.5 Å². The van der Waals surface area contributed by atoms with Crippen molar-refractivity contribution >= 4 is 82.9 Å². The number of likely N-dealkylation sites (tertiary alicyclic amines) is 1. The third-order valence-corrected chi connectivity index (χ3v) is 12.9. The summed E-state index contributed by atoms with van der Waals surface area (Å²) >= 11 is 0. The molecule has 0 aromatic heterocycles. The van der Waals surface area contributed by atoms with Gasteiger partial charge in [0.1, 0.15) is 48.3 Å². The van der Waals surface area contributed by atoms with Crippen molar-refractivity contribution in [3.05, 3.63) is 0 Å². The molecule has 0 aromatic carbocycles. The summed E-state index contributed by atoms with van der Waals surface area (Å²) in [4.78, 5) is 173. The number of aliphatic hydroxyl groups excluding tert-OH is 2. The average Bonchev–Trinajstić information content (AvgIpc) is 4.18. The van der Waals surface area contributed by atoms with Crippen molar-refractivity contribution < 1.29 is 77.6 Å². The molecule has 0 bridgehead atoms. The van der Waals surface area contributed by atoms with Crippen LogP contribution in [0.3, 0.4) is 0 Å². The highest BCUT2D eigenvalue weighted by atomic mass is 16.4. The van der Waals surface area contributed by atoms with E-state index in [4.69, 9.17) is 40.1 Å². The maximum Gasteiger partial charge on any atom is 0.326 e. The molecule has 0 spiro atoms. The summed E-state index contributed by atoms with van der Waals surface area (Å²) in [7, 11) is 0. The van der Waals surface area contributed by atoms with Crippen molar-refractivity contribution in [3.8, 4) is 0 Å². The maximum absolute atomic E-state index is 14.1. The van der Waals surface area contributed by atoms with Crippen LogP contribution in [0.2, 0.25) is 0 Å². The number of guanidine groups is 1. The van der Waals surface area contributed by atoms with Crippen LogP contribution in [0.1, 0.15) is 110 Å². The predicted molar refractivity (Wildman–Crippen MR) is 300 cm³/mol. The number of hydrogen-bond acceptors (Lipinski definition) is 19. The van der Waals surface area contributed by atoms with Gasteiger partial charge in [0.05, 0.1) is 31.8 Å². The molecular formula is C49H89N19O16. The van der Waals surface area contributed by atoms with E-state index < -0.39 is 157 Å². The summed E-state index contributed by atoms with van der Waals surface area (Å²) in [6, 6.07) is -13.2. The summed E-state index contributed by atoms with van der Waals surface area (Å²) in [5.41, 5.74) is 38.2. The van der Waals surface area contributed by atoms with Gasteiger partial charge >= 0.3 is 12.0 Å². The van der Waals surface area contributed by atoms with Gasteiger partial charge in [-0.3, -0.25) is 57.7 Å². The van der Waals surface area contributed by atoms with E-state index in [1.165, 1.54) is 11.8 Å². The quantitative estimate of drug-likeness (QED) is 0.0153. The molecule has 0 radical (unpaired) electrons. The Morgan fingerprint density at radius 1 is 0.583 bits per heavy atom. The van der Waals surface area contributed by atoms with Crippen molar-refractivity contribution in [1.82, 2.24) is 58.1 Å². The average molecular weight is 1200 g/mol. The second-order valence-corrected chi connectivity index (χ2v) is 19.9. The normalized spacial score (nSPS) is 15.9. The van der Waals surface area contributed by atoms with E-state index in [-0.39, 0.29) is 96.3 Å². The highest BCUT2D eigenvalue weighted by molar-refractivity contribution is 5.98. The van der Waals surface area contributed by atoms with E-state index in [0.29, 0.717) is 38.6 Å². The van der Waals surface area contributed by atoms with Gasteiger partial charge in [-0.1, -0.05) is 6.42 Å². The zero-order valence-corrected chi connectivity index (χ0v) is 47.6. The molecular weight excluding hydrogens is 1110 g/mol. The van der Waals surface area contributed by atoms with Gasteiger partial charge < -0.3 is 114 Å². The molecule has 0 aromatic rings. The number of urea groups is 1. The van der Waals surface area contributed by atoms with Gasteiger partial charge in [-0.2, -0.15) is 0 Å². The summed E-state index contributed by atoms with van der Waals surface area (Å²) in [6.07, 6.45) is 0.786. The van der Waals surface area contributed by atoms with E-state index in [9.17, 15) is 77.6 Å². The number of hydrogen-bond donors (Lipinski definition) is 20. The second-order valence-electron chi connectivity index (χ2n) is 19.9. The molecule has 476 valence electrons. The number of carboxylic acid groups (broad SMARTS) is 1. The number of rotatable bonds is 42. The molecule has 1 saturated heterocycles. The molecule has 0 unspecified atom stereocenters. The first-order valence-electron chi connectivity index (χ1n) is 27.7. The first-order chi connectivity index (χ1) is 39.7. The van der Waals surface area contributed by atoms with E-state index in [1.54, 1.807) is 0 Å². The zero-order chi connectivity index (χ0) is 63.5. The lowest BCUT2D eigenvalue weighted by Crippen LogP contribution is -2.59. The molecule has 1 fully saturated rings. The molecule has 0 saturated carbocycles. The Labute approximate surface area is 485 Å². The Morgan fingerprint density at radius 2 is 1.12 bits per heavy atom. The lowest BCUT2D eigenvalue weighted by molar-refractivity contribution is -0.143. The molecule has 1 heterocycles. The van der Waals surface area contributed by atoms with Crippen LogP contribution < -0.4 is 93.3 Å². The third kappa shape index (κ3) is 29.3. The van der Waals surface area contributed by atoms with Gasteiger partial charge in [0.25, 0.3) is 0 Å². The smallest absolute Gasteiger partial charge is 0.326 e. The van der Waals surface area contributed by atoms with E-state index in [0.717, 1.165) is 6.92 Å². The van der Waals surface area contributed by atoms with Crippen molar-refractivity contribution in [3.63, 3.8) is 0 Å². The molecule has 35 nitrogen and oxygen atoms in total. The number of nitrogens with two attached hydrogens (primary N) is 7. The summed E-state index contributed by atoms with van der Waals surface area (Å²) in [5.74, 6) is -11.4. The van der Waals surface area contributed by atoms with E-state index in [2.05, 4.69) is 58.2 Å². The van der Waals surface area contributed by atoms with Gasteiger partial charge in [-0.25, -0.2) is 9.59 Å². The number of aliphatic hydroxyl groups is 2. The molecule has 35 heteroatoms. The number of unbranched alkanes of at least 4 members (excludes halogenated alkanes) is 3. The molecule has 10 atom stereocenters. The fourth-order valence-electron chi connectivity index (χ4n) is 8.31. The Hall–Kier alpha value is -8.02. The SMILES string of the molecule is C[C@H](NC(=O)[C@H](CCCCNC(N)=O)NC(=O)CNC(=O)CNC(=O)[C@@H](NC(=O)[C@H](CO)NC(=O)[C@@H](N)CCCCN)[C@@H](C)O)C(=O)N1CCC[C@H]1C(=O)N[C@@H](CCCN=C(N)N)C(=O)N[C@@H](CCCCN)C(=O)N[C@@H](CCC(N)=O)C(=O)O. The number of nitrogens with one attached hydrogen (secondary N) is 10.